The summed E-state index contributed by atoms with van der Waals surface area (Å²) in [6.07, 6.45) is 3.68. The van der Waals surface area contributed by atoms with Crippen LogP contribution in [0.5, 0.6) is 0 Å². The number of nitrogens with zero attached hydrogens (tertiary/aromatic N) is 3. The van der Waals surface area contributed by atoms with Crippen LogP contribution in [-0.4, -0.2) is 53.0 Å². The molecule has 0 saturated carbocycles. The fraction of sp³-hybridized carbons (Fsp3) is 0.357. The van der Waals surface area contributed by atoms with E-state index >= 15 is 0 Å². The molecular weight excluding hydrogens is 274 g/mol. The number of hydrogen-bond acceptors (Lipinski definition) is 4. The first-order valence-electron chi connectivity index (χ1n) is 6.58. The molecule has 2 heterocycles. The van der Waals surface area contributed by atoms with Crippen molar-refractivity contribution < 1.29 is 19.5 Å². The van der Waals surface area contributed by atoms with Crippen molar-refractivity contribution >= 4 is 11.8 Å². The van der Waals surface area contributed by atoms with Crippen LogP contribution in [0.15, 0.2) is 35.5 Å². The Kier molecular flexibility index (Phi) is 4.89. The van der Waals surface area contributed by atoms with Gasteiger partial charge in [-0.05, 0) is 24.6 Å². The largest absolute Gasteiger partial charge is 0.427 e. The summed E-state index contributed by atoms with van der Waals surface area (Å²) < 4.78 is 5.90. The minimum absolute atomic E-state index is 0.114. The summed E-state index contributed by atoms with van der Waals surface area (Å²) >= 11 is 0. The molecule has 0 aromatic carbocycles. The molecule has 1 saturated heterocycles. The summed E-state index contributed by atoms with van der Waals surface area (Å²) in [4.78, 5) is 28.8. The number of aryl methyl sites for hydroxylation is 1. The zero-order valence-electron chi connectivity index (χ0n) is 11.7. The van der Waals surface area contributed by atoms with Gasteiger partial charge in [0.1, 0.15) is 0 Å². The molecule has 0 bridgehead atoms. The van der Waals surface area contributed by atoms with Crippen LogP contribution in [0.25, 0.3) is 0 Å². The lowest BCUT2D eigenvalue weighted by Gasteiger charge is -2.25. The topological polar surface area (TPSA) is 84.1 Å². The number of carbonyl (C=O) groups excluding carboxylic acids is 2. The van der Waals surface area contributed by atoms with Crippen molar-refractivity contribution in [2.45, 2.75) is 6.92 Å². The van der Waals surface area contributed by atoms with E-state index in [4.69, 9.17) is 4.74 Å². The van der Waals surface area contributed by atoms with Gasteiger partial charge in [0.05, 0.1) is 13.2 Å². The molecule has 2 rings (SSSR count). The van der Waals surface area contributed by atoms with Crippen LogP contribution in [0, 0.1) is 6.92 Å². The number of carbonyl (C=O) groups is 2. The van der Waals surface area contributed by atoms with Crippen molar-refractivity contribution in [2.75, 3.05) is 26.3 Å². The lowest BCUT2D eigenvalue weighted by molar-refractivity contribution is -0.130. The summed E-state index contributed by atoms with van der Waals surface area (Å²) in [5.41, 5.74) is 0.976. The number of morpholine rings is 1. The molecule has 0 radical (unpaired) electrons. The van der Waals surface area contributed by atoms with Crippen molar-refractivity contribution in [3.63, 3.8) is 0 Å². The van der Waals surface area contributed by atoms with E-state index in [1.165, 1.54) is 12.3 Å². The monoisotopic (exact) mass is 291 g/mol. The van der Waals surface area contributed by atoms with Crippen molar-refractivity contribution in [1.29, 1.82) is 0 Å². The fourth-order valence-corrected chi connectivity index (χ4v) is 1.85. The third kappa shape index (κ3) is 4.28. The minimum Gasteiger partial charge on any atom is -0.427 e. The van der Waals surface area contributed by atoms with E-state index in [2.05, 4.69) is 4.99 Å². The number of amides is 2. The minimum atomic E-state index is -0.606. The molecule has 21 heavy (non-hydrogen) atoms. The van der Waals surface area contributed by atoms with E-state index in [0.717, 1.165) is 16.4 Å². The maximum Gasteiger partial charge on any atom is 0.271 e. The molecule has 7 heteroatoms. The zero-order chi connectivity index (χ0) is 15.2. The average molecular weight is 291 g/mol. The van der Waals surface area contributed by atoms with Crippen molar-refractivity contribution in [2.24, 2.45) is 4.99 Å². The van der Waals surface area contributed by atoms with Gasteiger partial charge in [0.2, 0.25) is 5.91 Å². The molecule has 1 fully saturated rings. The van der Waals surface area contributed by atoms with Gasteiger partial charge in [0, 0.05) is 31.4 Å². The molecule has 1 N–H and O–H groups in total. The van der Waals surface area contributed by atoms with Gasteiger partial charge in [-0.25, -0.2) is 0 Å². The van der Waals surface area contributed by atoms with Gasteiger partial charge in [-0.1, -0.05) is 0 Å². The van der Waals surface area contributed by atoms with Gasteiger partial charge in [0.25, 0.3) is 5.91 Å². The van der Waals surface area contributed by atoms with Gasteiger partial charge >= 0.3 is 0 Å². The van der Waals surface area contributed by atoms with Crippen molar-refractivity contribution in [3.8, 4) is 0 Å². The number of pyridine rings is 1. The molecule has 0 unspecified atom stereocenters. The van der Waals surface area contributed by atoms with Crippen molar-refractivity contribution in [1.82, 2.24) is 9.63 Å². The highest BCUT2D eigenvalue weighted by Crippen LogP contribution is 1.98. The highest BCUT2D eigenvalue weighted by molar-refractivity contribution is 5.97. The lowest BCUT2D eigenvalue weighted by Crippen LogP contribution is -2.39. The summed E-state index contributed by atoms with van der Waals surface area (Å²) in [7, 11) is 0. The Balaban J connectivity index is 2.05. The Labute approximate surface area is 121 Å². The van der Waals surface area contributed by atoms with Crippen LogP contribution < -0.4 is 5.49 Å². The Hall–Kier alpha value is -2.41. The van der Waals surface area contributed by atoms with E-state index in [1.807, 2.05) is 6.92 Å². The van der Waals surface area contributed by atoms with Crippen LogP contribution in [-0.2, 0) is 14.3 Å². The van der Waals surface area contributed by atoms with E-state index in [1.54, 1.807) is 17.0 Å². The summed E-state index contributed by atoms with van der Waals surface area (Å²) in [6.45, 7) is 3.87. The van der Waals surface area contributed by atoms with E-state index in [0.29, 0.717) is 26.3 Å². The predicted molar refractivity (Wildman–Crippen MR) is 73.5 cm³/mol. The second-order valence-corrected chi connectivity index (χ2v) is 4.63. The molecule has 0 spiro atoms. The quantitative estimate of drug-likeness (QED) is 0.608. The molecule has 2 amide bonds. The highest BCUT2D eigenvalue weighted by atomic mass is 16.5. The molecule has 0 aliphatic carbocycles. The Morgan fingerprint density at radius 1 is 1.33 bits per heavy atom. The standard InChI is InChI=1S/C14H17N3O4/c1-11-4-5-17(20)12(10-11)15-13(18)2-3-14(19)16-6-8-21-9-7-16/h2-5,10,20H,6-9H2,1H3/b3-2-,15-12?. The number of ether oxygens (including phenoxy) is 1. The molecule has 1 aromatic heterocycles. The van der Waals surface area contributed by atoms with Crippen LogP contribution >= 0.6 is 0 Å². The van der Waals surface area contributed by atoms with Gasteiger partial charge in [-0.15, -0.1) is 0 Å². The fourth-order valence-electron chi connectivity index (χ4n) is 1.85. The van der Waals surface area contributed by atoms with E-state index in [-0.39, 0.29) is 11.4 Å². The third-order valence-corrected chi connectivity index (χ3v) is 2.99. The molecule has 0 atom stereocenters. The van der Waals surface area contributed by atoms with Gasteiger partial charge in [-0.2, -0.15) is 9.72 Å². The Morgan fingerprint density at radius 2 is 2.05 bits per heavy atom. The van der Waals surface area contributed by atoms with Crippen LogP contribution in [0.3, 0.4) is 0 Å². The SMILES string of the molecule is Cc1ccn(O)c(=NC(=O)/C=C\C(=O)N2CCOCC2)c1. The molecule has 1 aromatic rings. The zero-order valence-corrected chi connectivity index (χ0v) is 11.7. The van der Waals surface area contributed by atoms with E-state index in [9.17, 15) is 14.8 Å². The summed E-state index contributed by atoms with van der Waals surface area (Å²) in [5.74, 6) is -0.854. The first-order chi connectivity index (χ1) is 10.1. The first-order valence-corrected chi connectivity index (χ1v) is 6.58. The first kappa shape index (κ1) is 15.0. The second kappa shape index (κ2) is 6.85. The van der Waals surface area contributed by atoms with Gasteiger partial charge in [0.15, 0.2) is 5.49 Å². The summed E-state index contributed by atoms with van der Waals surface area (Å²) in [6, 6.07) is 3.25. The Bertz CT molecular complexity index is 627. The van der Waals surface area contributed by atoms with Crippen molar-refractivity contribution in [3.05, 3.63) is 41.5 Å². The van der Waals surface area contributed by atoms with Gasteiger partial charge < -0.3 is 14.8 Å². The highest BCUT2D eigenvalue weighted by Gasteiger charge is 2.14. The molecule has 112 valence electrons. The average Bonchev–Trinajstić information content (AvgIpc) is 2.49. The molecule has 7 nitrogen and oxygen atoms in total. The van der Waals surface area contributed by atoms with Crippen LogP contribution in [0.2, 0.25) is 0 Å². The normalized spacial score (nSPS) is 16.4. The summed E-state index contributed by atoms with van der Waals surface area (Å²) in [5, 5.41) is 9.52. The molecule has 1 aliphatic rings. The van der Waals surface area contributed by atoms with Crippen LogP contribution in [0.1, 0.15) is 5.56 Å². The molecular formula is C14H17N3O4. The lowest BCUT2D eigenvalue weighted by atomic mass is 10.3. The maximum absolute atomic E-state index is 11.8. The van der Waals surface area contributed by atoms with E-state index < -0.39 is 5.91 Å². The van der Waals surface area contributed by atoms with Crippen LogP contribution in [0.4, 0.5) is 0 Å². The number of hydrogen-bond donors (Lipinski definition) is 1. The third-order valence-electron chi connectivity index (χ3n) is 2.99. The predicted octanol–water partition coefficient (Wildman–Crippen LogP) is -0.124. The smallest absolute Gasteiger partial charge is 0.271 e. The number of rotatable bonds is 2. The second-order valence-electron chi connectivity index (χ2n) is 4.63. The van der Waals surface area contributed by atoms with Gasteiger partial charge in [-0.3, -0.25) is 9.59 Å². The molecule has 1 aliphatic heterocycles. The Morgan fingerprint density at radius 3 is 2.76 bits per heavy atom. The number of aromatic nitrogens is 1. The maximum atomic E-state index is 11.8.